The molecule has 124 valence electrons. The molecular formula is C19H16N4OS. The van der Waals surface area contributed by atoms with Gasteiger partial charge in [0, 0.05) is 5.56 Å². The summed E-state index contributed by atoms with van der Waals surface area (Å²) in [5.74, 6) is 1.21. The number of nitrogens with one attached hydrogen (secondary N) is 1. The van der Waals surface area contributed by atoms with Crippen LogP contribution in [0, 0.1) is 0 Å². The number of aromatic nitrogens is 4. The monoisotopic (exact) mass is 348 g/mol. The lowest BCUT2D eigenvalue weighted by molar-refractivity contribution is 0.102. The number of para-hydroxylation sites is 2. The van der Waals surface area contributed by atoms with Crippen molar-refractivity contribution in [1.82, 2.24) is 19.6 Å². The summed E-state index contributed by atoms with van der Waals surface area (Å²) < 4.78 is 1.97. The number of thioether (sulfide) groups is 1. The van der Waals surface area contributed by atoms with Crippen LogP contribution in [-0.2, 0) is 12.8 Å². The molecule has 1 aliphatic rings. The number of carbonyl (C=O) groups is 1. The number of aryl methyl sites for hydroxylation is 2. The average Bonchev–Trinajstić information content (AvgIpc) is 3.33. The predicted octanol–water partition coefficient (Wildman–Crippen LogP) is 3.67. The number of rotatable bonds is 4. The third-order valence-corrected chi connectivity index (χ3v) is 5.70. The molecule has 4 aromatic rings. The fourth-order valence-corrected chi connectivity index (χ4v) is 4.35. The van der Waals surface area contributed by atoms with E-state index < -0.39 is 0 Å². The van der Waals surface area contributed by atoms with Crippen molar-refractivity contribution in [2.75, 3.05) is 5.75 Å². The molecule has 1 N–H and O–H groups in total. The first kappa shape index (κ1) is 14.7. The van der Waals surface area contributed by atoms with Crippen LogP contribution in [0.25, 0.3) is 16.8 Å². The standard InChI is InChI=1S/C19H16N4OS/c24-17(14-9-8-12-4-3-5-13(12)10-14)11-25-19-22-21-18-20-15-6-1-2-7-16(15)23(18)19/h1-2,6-10H,3-5,11H2,(H,20,21). The molecule has 5 nitrogen and oxygen atoms in total. The van der Waals surface area contributed by atoms with E-state index in [2.05, 4.69) is 27.3 Å². The van der Waals surface area contributed by atoms with Crippen molar-refractivity contribution < 1.29 is 4.79 Å². The van der Waals surface area contributed by atoms with Crippen molar-refractivity contribution in [1.29, 1.82) is 0 Å². The number of carbonyl (C=O) groups excluding carboxylic acids is 1. The number of fused-ring (bicyclic) bond motifs is 4. The molecule has 0 fully saturated rings. The number of nitrogens with zero attached hydrogens (tertiary/aromatic N) is 3. The minimum Gasteiger partial charge on any atom is -0.293 e. The van der Waals surface area contributed by atoms with Crippen molar-refractivity contribution in [3.05, 3.63) is 59.2 Å². The van der Waals surface area contributed by atoms with E-state index >= 15 is 0 Å². The summed E-state index contributed by atoms with van der Waals surface area (Å²) in [6.45, 7) is 0. The molecule has 2 aromatic heterocycles. The van der Waals surface area contributed by atoms with Crippen molar-refractivity contribution in [2.45, 2.75) is 24.4 Å². The van der Waals surface area contributed by atoms with E-state index in [0.717, 1.165) is 34.6 Å². The molecule has 0 amide bonds. The topological polar surface area (TPSA) is 63.0 Å². The third kappa shape index (κ3) is 2.44. The molecule has 0 saturated carbocycles. The van der Waals surface area contributed by atoms with Crippen LogP contribution >= 0.6 is 11.8 Å². The SMILES string of the molecule is O=C(CSc1n[nH]c2nc3ccccc3n12)c1ccc2c(c1)CCC2. The normalized spacial score (nSPS) is 13.6. The second-order valence-corrected chi connectivity index (χ2v) is 7.26. The zero-order valence-corrected chi connectivity index (χ0v) is 14.3. The van der Waals surface area contributed by atoms with E-state index in [-0.39, 0.29) is 5.78 Å². The summed E-state index contributed by atoms with van der Waals surface area (Å²) in [5.41, 5.74) is 5.44. The Hall–Kier alpha value is -2.60. The largest absolute Gasteiger partial charge is 0.293 e. The van der Waals surface area contributed by atoms with Gasteiger partial charge in [-0.3, -0.25) is 9.20 Å². The molecule has 25 heavy (non-hydrogen) atoms. The van der Waals surface area contributed by atoms with Crippen molar-refractivity contribution >= 4 is 34.4 Å². The zero-order chi connectivity index (χ0) is 16.8. The van der Waals surface area contributed by atoms with Gasteiger partial charge in [0.15, 0.2) is 10.9 Å². The Bertz CT molecular complexity index is 1110. The van der Waals surface area contributed by atoms with E-state index in [9.17, 15) is 4.79 Å². The van der Waals surface area contributed by atoms with Gasteiger partial charge in [0.2, 0.25) is 5.78 Å². The van der Waals surface area contributed by atoms with E-state index in [1.165, 1.54) is 29.3 Å². The number of benzene rings is 2. The van der Waals surface area contributed by atoms with Gasteiger partial charge in [-0.2, -0.15) is 0 Å². The summed E-state index contributed by atoms with van der Waals surface area (Å²) in [6, 6.07) is 14.1. The number of hydrogen-bond acceptors (Lipinski definition) is 4. The van der Waals surface area contributed by atoms with E-state index in [1.807, 2.05) is 34.7 Å². The van der Waals surface area contributed by atoms with E-state index in [1.54, 1.807) is 0 Å². The van der Waals surface area contributed by atoms with Gasteiger partial charge in [0.1, 0.15) is 0 Å². The highest BCUT2D eigenvalue weighted by molar-refractivity contribution is 7.99. The van der Waals surface area contributed by atoms with Crippen LogP contribution in [-0.4, -0.2) is 31.1 Å². The highest BCUT2D eigenvalue weighted by Crippen LogP contribution is 2.26. The zero-order valence-electron chi connectivity index (χ0n) is 13.5. The quantitative estimate of drug-likeness (QED) is 0.451. The predicted molar refractivity (Wildman–Crippen MR) is 98.4 cm³/mol. The van der Waals surface area contributed by atoms with Crippen LogP contribution in [0.5, 0.6) is 0 Å². The number of aromatic amines is 1. The number of Topliss-reactive ketones (excluding diaryl/α,β-unsaturated/α-hetero) is 1. The van der Waals surface area contributed by atoms with Crippen molar-refractivity contribution in [2.24, 2.45) is 0 Å². The Kier molecular flexibility index (Phi) is 3.38. The van der Waals surface area contributed by atoms with E-state index in [0.29, 0.717) is 11.5 Å². The minimum absolute atomic E-state index is 0.139. The Morgan fingerprint density at radius 2 is 2.04 bits per heavy atom. The smallest absolute Gasteiger partial charge is 0.231 e. The molecular weight excluding hydrogens is 332 g/mol. The summed E-state index contributed by atoms with van der Waals surface area (Å²) in [5, 5.41) is 8.02. The van der Waals surface area contributed by atoms with Gasteiger partial charge >= 0.3 is 0 Å². The van der Waals surface area contributed by atoms with Gasteiger partial charge in [0.25, 0.3) is 0 Å². The van der Waals surface area contributed by atoms with Crippen LogP contribution in [0.2, 0.25) is 0 Å². The highest BCUT2D eigenvalue weighted by Gasteiger charge is 2.16. The van der Waals surface area contributed by atoms with Gasteiger partial charge in [-0.1, -0.05) is 36.0 Å². The summed E-state index contributed by atoms with van der Waals surface area (Å²) in [4.78, 5) is 17.1. The molecule has 2 aromatic carbocycles. The number of hydrogen-bond donors (Lipinski definition) is 1. The molecule has 6 heteroatoms. The maximum Gasteiger partial charge on any atom is 0.231 e. The highest BCUT2D eigenvalue weighted by atomic mass is 32.2. The third-order valence-electron chi connectivity index (χ3n) is 4.76. The fourth-order valence-electron chi connectivity index (χ4n) is 3.50. The molecule has 0 aliphatic heterocycles. The molecule has 2 heterocycles. The van der Waals surface area contributed by atoms with Gasteiger partial charge in [-0.05, 0) is 48.6 Å². The first-order valence-corrected chi connectivity index (χ1v) is 9.37. The lowest BCUT2D eigenvalue weighted by Crippen LogP contribution is -2.04. The van der Waals surface area contributed by atoms with Crippen molar-refractivity contribution in [3.8, 4) is 0 Å². The number of ketones is 1. The second kappa shape index (κ2) is 5.74. The summed E-state index contributed by atoms with van der Waals surface area (Å²) >= 11 is 1.44. The molecule has 0 saturated heterocycles. The Morgan fingerprint density at radius 1 is 1.16 bits per heavy atom. The van der Waals surface area contributed by atoms with Crippen LogP contribution in [0.3, 0.4) is 0 Å². The lowest BCUT2D eigenvalue weighted by Gasteiger charge is -2.04. The average molecular weight is 348 g/mol. The van der Waals surface area contributed by atoms with E-state index in [4.69, 9.17) is 0 Å². The first-order valence-electron chi connectivity index (χ1n) is 8.39. The minimum atomic E-state index is 0.139. The van der Waals surface area contributed by atoms with Gasteiger partial charge in [-0.15, -0.1) is 5.10 Å². The molecule has 0 atom stereocenters. The second-order valence-electron chi connectivity index (χ2n) is 6.31. The van der Waals surface area contributed by atoms with Crippen LogP contribution in [0.15, 0.2) is 47.6 Å². The summed E-state index contributed by atoms with van der Waals surface area (Å²) in [6.07, 6.45) is 3.42. The first-order chi connectivity index (χ1) is 12.3. The number of H-pyrrole nitrogens is 1. The molecule has 0 unspecified atom stereocenters. The fraction of sp³-hybridized carbons (Fsp3) is 0.211. The van der Waals surface area contributed by atoms with Crippen LogP contribution in [0.4, 0.5) is 0 Å². The number of imidazole rings is 1. The van der Waals surface area contributed by atoms with Crippen LogP contribution in [0.1, 0.15) is 27.9 Å². The van der Waals surface area contributed by atoms with Gasteiger partial charge in [0.05, 0.1) is 16.8 Å². The van der Waals surface area contributed by atoms with Crippen LogP contribution < -0.4 is 0 Å². The molecule has 0 radical (unpaired) electrons. The molecule has 0 bridgehead atoms. The molecule has 0 spiro atoms. The lowest BCUT2D eigenvalue weighted by atomic mass is 10.0. The maximum atomic E-state index is 12.6. The maximum absolute atomic E-state index is 12.6. The van der Waals surface area contributed by atoms with Crippen molar-refractivity contribution in [3.63, 3.8) is 0 Å². The Morgan fingerprint density at radius 3 is 3.00 bits per heavy atom. The van der Waals surface area contributed by atoms with Gasteiger partial charge < -0.3 is 0 Å². The molecule has 5 rings (SSSR count). The summed E-state index contributed by atoms with van der Waals surface area (Å²) in [7, 11) is 0. The Labute approximate surface area is 148 Å². The molecule has 1 aliphatic carbocycles. The Balaban J connectivity index is 1.41. The van der Waals surface area contributed by atoms with Gasteiger partial charge in [-0.25, -0.2) is 10.1 Å².